The maximum Gasteiger partial charge on any atom is 0.239 e. The van der Waals surface area contributed by atoms with E-state index >= 15 is 0 Å². The molecular formula is C17H25N3O3. The van der Waals surface area contributed by atoms with E-state index in [1.54, 1.807) is 0 Å². The maximum absolute atomic E-state index is 12.3. The van der Waals surface area contributed by atoms with Crippen molar-refractivity contribution in [2.75, 3.05) is 32.8 Å². The molecule has 1 heterocycles. The van der Waals surface area contributed by atoms with Crippen LogP contribution >= 0.6 is 0 Å². The summed E-state index contributed by atoms with van der Waals surface area (Å²) in [4.78, 5) is 24.2. The fourth-order valence-corrected chi connectivity index (χ4v) is 2.69. The standard InChI is InChI=1S/C17H25N3O3/c18-13-17(7-10-23-11-8-17)16(22)20-12-15(21)19-9-6-14-4-2-1-3-5-14/h1-5H,6-13,18H2,(H,19,21)(H,20,22). The van der Waals surface area contributed by atoms with Crippen molar-refractivity contribution in [3.8, 4) is 0 Å². The second-order valence-electron chi connectivity index (χ2n) is 5.87. The Kier molecular flexibility index (Phi) is 6.55. The molecule has 2 rings (SSSR count). The summed E-state index contributed by atoms with van der Waals surface area (Å²) in [6.07, 6.45) is 1.97. The molecule has 0 atom stereocenters. The minimum atomic E-state index is -0.595. The average Bonchev–Trinajstić information content (AvgIpc) is 2.61. The lowest BCUT2D eigenvalue weighted by molar-refractivity contribution is -0.137. The number of nitrogens with one attached hydrogen (secondary N) is 2. The Bertz CT molecular complexity index is 513. The fourth-order valence-electron chi connectivity index (χ4n) is 2.69. The summed E-state index contributed by atoms with van der Waals surface area (Å²) in [5.74, 6) is -0.338. The van der Waals surface area contributed by atoms with Crippen LogP contribution in [0.3, 0.4) is 0 Å². The molecule has 0 unspecified atom stereocenters. The Balaban J connectivity index is 1.70. The third-order valence-electron chi connectivity index (χ3n) is 4.31. The molecule has 2 amide bonds. The van der Waals surface area contributed by atoms with Gasteiger partial charge >= 0.3 is 0 Å². The topological polar surface area (TPSA) is 93.5 Å². The van der Waals surface area contributed by atoms with E-state index in [1.807, 2.05) is 30.3 Å². The van der Waals surface area contributed by atoms with E-state index in [2.05, 4.69) is 10.6 Å². The third kappa shape index (κ3) is 5.04. The molecule has 0 spiro atoms. The monoisotopic (exact) mass is 319 g/mol. The zero-order valence-electron chi connectivity index (χ0n) is 13.3. The Morgan fingerprint density at radius 2 is 1.83 bits per heavy atom. The first-order valence-electron chi connectivity index (χ1n) is 8.03. The molecule has 0 bridgehead atoms. The zero-order chi connectivity index (χ0) is 16.5. The molecule has 6 heteroatoms. The number of rotatable bonds is 7. The van der Waals surface area contributed by atoms with Gasteiger partial charge in [0.25, 0.3) is 0 Å². The van der Waals surface area contributed by atoms with Gasteiger partial charge in [-0.05, 0) is 24.8 Å². The summed E-state index contributed by atoms with van der Waals surface area (Å²) in [7, 11) is 0. The Labute approximate surface area is 136 Å². The van der Waals surface area contributed by atoms with Gasteiger partial charge in [-0.3, -0.25) is 9.59 Å². The molecule has 1 aliphatic heterocycles. The van der Waals surface area contributed by atoms with Gasteiger partial charge in [0.2, 0.25) is 11.8 Å². The molecule has 1 aromatic carbocycles. The molecule has 1 aliphatic rings. The summed E-state index contributed by atoms with van der Waals surface area (Å²) in [6.45, 7) is 1.88. The van der Waals surface area contributed by atoms with E-state index in [0.29, 0.717) is 32.6 Å². The molecule has 0 radical (unpaired) electrons. The number of nitrogens with two attached hydrogens (primary N) is 1. The Morgan fingerprint density at radius 3 is 2.48 bits per heavy atom. The quantitative estimate of drug-likeness (QED) is 0.670. The highest BCUT2D eigenvalue weighted by molar-refractivity contribution is 5.88. The Hall–Kier alpha value is -1.92. The van der Waals surface area contributed by atoms with Crippen LogP contribution in [0.2, 0.25) is 0 Å². The second-order valence-corrected chi connectivity index (χ2v) is 5.87. The van der Waals surface area contributed by atoms with Gasteiger partial charge in [-0.2, -0.15) is 0 Å². The van der Waals surface area contributed by atoms with Gasteiger partial charge in [0, 0.05) is 26.3 Å². The largest absolute Gasteiger partial charge is 0.381 e. The minimum Gasteiger partial charge on any atom is -0.381 e. The van der Waals surface area contributed by atoms with E-state index in [9.17, 15) is 9.59 Å². The van der Waals surface area contributed by atoms with Crippen LogP contribution in [0.15, 0.2) is 30.3 Å². The van der Waals surface area contributed by atoms with Crippen molar-refractivity contribution in [1.82, 2.24) is 10.6 Å². The number of carbonyl (C=O) groups excluding carboxylic acids is 2. The normalized spacial score (nSPS) is 16.6. The van der Waals surface area contributed by atoms with Gasteiger partial charge in [-0.15, -0.1) is 0 Å². The van der Waals surface area contributed by atoms with E-state index in [4.69, 9.17) is 10.5 Å². The van der Waals surface area contributed by atoms with E-state index < -0.39 is 5.41 Å². The van der Waals surface area contributed by atoms with Crippen molar-refractivity contribution in [3.63, 3.8) is 0 Å². The highest BCUT2D eigenvalue weighted by Gasteiger charge is 2.38. The van der Waals surface area contributed by atoms with Crippen LogP contribution in [-0.4, -0.2) is 44.7 Å². The lowest BCUT2D eigenvalue weighted by Crippen LogP contribution is -2.51. The molecule has 4 N–H and O–H groups in total. The van der Waals surface area contributed by atoms with Crippen molar-refractivity contribution in [1.29, 1.82) is 0 Å². The van der Waals surface area contributed by atoms with Crippen molar-refractivity contribution in [3.05, 3.63) is 35.9 Å². The number of benzene rings is 1. The van der Waals surface area contributed by atoms with Gasteiger partial charge in [-0.25, -0.2) is 0 Å². The van der Waals surface area contributed by atoms with Gasteiger partial charge < -0.3 is 21.1 Å². The maximum atomic E-state index is 12.3. The van der Waals surface area contributed by atoms with E-state index in [0.717, 1.165) is 6.42 Å². The number of hydrogen-bond acceptors (Lipinski definition) is 4. The molecule has 1 fully saturated rings. The number of carbonyl (C=O) groups is 2. The summed E-state index contributed by atoms with van der Waals surface area (Å²) in [6, 6.07) is 9.93. The van der Waals surface area contributed by atoms with Gasteiger partial charge in [0.15, 0.2) is 0 Å². The summed E-state index contributed by atoms with van der Waals surface area (Å²) in [5, 5.41) is 5.52. The smallest absolute Gasteiger partial charge is 0.239 e. The lowest BCUT2D eigenvalue weighted by atomic mass is 9.79. The zero-order valence-corrected chi connectivity index (χ0v) is 13.3. The average molecular weight is 319 g/mol. The van der Waals surface area contributed by atoms with Crippen molar-refractivity contribution >= 4 is 11.8 Å². The van der Waals surface area contributed by atoms with Gasteiger partial charge in [-0.1, -0.05) is 30.3 Å². The summed E-state index contributed by atoms with van der Waals surface area (Å²) < 4.78 is 5.28. The van der Waals surface area contributed by atoms with Crippen molar-refractivity contribution < 1.29 is 14.3 Å². The lowest BCUT2D eigenvalue weighted by Gasteiger charge is -2.34. The second kappa shape index (κ2) is 8.64. The number of hydrogen-bond donors (Lipinski definition) is 3. The molecular weight excluding hydrogens is 294 g/mol. The first-order chi connectivity index (χ1) is 11.2. The summed E-state index contributed by atoms with van der Waals surface area (Å²) in [5.41, 5.74) is 6.35. The van der Waals surface area contributed by atoms with Crippen LogP contribution in [-0.2, 0) is 20.7 Å². The number of ether oxygens (including phenoxy) is 1. The van der Waals surface area contributed by atoms with Gasteiger partial charge in [0.05, 0.1) is 12.0 Å². The van der Waals surface area contributed by atoms with Crippen molar-refractivity contribution in [2.45, 2.75) is 19.3 Å². The summed E-state index contributed by atoms with van der Waals surface area (Å²) >= 11 is 0. The predicted molar refractivity (Wildman–Crippen MR) is 87.7 cm³/mol. The number of amides is 2. The fraction of sp³-hybridized carbons (Fsp3) is 0.529. The van der Waals surface area contributed by atoms with Gasteiger partial charge in [0.1, 0.15) is 0 Å². The Morgan fingerprint density at radius 1 is 1.13 bits per heavy atom. The molecule has 0 aliphatic carbocycles. The molecule has 6 nitrogen and oxygen atoms in total. The molecule has 0 aromatic heterocycles. The highest BCUT2D eigenvalue weighted by atomic mass is 16.5. The predicted octanol–water partition coefficient (Wildman–Crippen LogP) is 0.217. The first kappa shape index (κ1) is 17.4. The molecule has 0 saturated carbocycles. The van der Waals surface area contributed by atoms with Crippen LogP contribution in [0.5, 0.6) is 0 Å². The van der Waals surface area contributed by atoms with Crippen LogP contribution in [0, 0.1) is 5.41 Å². The minimum absolute atomic E-state index is 0.0176. The van der Waals surface area contributed by atoms with Crippen LogP contribution in [0.1, 0.15) is 18.4 Å². The molecule has 1 saturated heterocycles. The SMILES string of the molecule is NCC1(C(=O)NCC(=O)NCCc2ccccc2)CCOCC1. The van der Waals surface area contributed by atoms with Crippen LogP contribution in [0.4, 0.5) is 0 Å². The molecule has 126 valence electrons. The first-order valence-corrected chi connectivity index (χ1v) is 8.03. The van der Waals surface area contributed by atoms with Crippen molar-refractivity contribution in [2.24, 2.45) is 11.1 Å². The van der Waals surface area contributed by atoms with Crippen LogP contribution in [0.25, 0.3) is 0 Å². The molecule has 23 heavy (non-hydrogen) atoms. The third-order valence-corrected chi connectivity index (χ3v) is 4.31. The molecule has 1 aromatic rings. The van der Waals surface area contributed by atoms with Crippen LogP contribution < -0.4 is 16.4 Å². The highest BCUT2D eigenvalue weighted by Crippen LogP contribution is 2.29. The van der Waals surface area contributed by atoms with E-state index in [-0.39, 0.29) is 24.9 Å². The van der Waals surface area contributed by atoms with E-state index in [1.165, 1.54) is 5.56 Å².